The molecule has 0 aliphatic heterocycles. The number of aromatic nitrogens is 1. The van der Waals surface area contributed by atoms with Crippen LogP contribution in [0.2, 0.25) is 0 Å². The molecule has 2 rings (SSSR count). The van der Waals surface area contributed by atoms with Crippen molar-refractivity contribution < 1.29 is 4.39 Å². The van der Waals surface area contributed by atoms with Gasteiger partial charge in [-0.15, -0.1) is 0 Å². The maximum Gasteiger partial charge on any atom is 0.125 e. The molecule has 3 heteroatoms. The summed E-state index contributed by atoms with van der Waals surface area (Å²) in [6, 6.07) is 6.71. The standard InChI is InChI=1S/C8H5FIN/c9-6-2-1-5-3-8(10)11-7(5)4-6/h1-4,11H. The van der Waals surface area contributed by atoms with Gasteiger partial charge in [0.2, 0.25) is 0 Å². The minimum absolute atomic E-state index is 0.198. The van der Waals surface area contributed by atoms with E-state index in [0.717, 1.165) is 14.6 Å². The molecule has 0 spiro atoms. The van der Waals surface area contributed by atoms with E-state index in [4.69, 9.17) is 0 Å². The van der Waals surface area contributed by atoms with Gasteiger partial charge in [0.25, 0.3) is 0 Å². The lowest BCUT2D eigenvalue weighted by atomic mass is 10.2. The van der Waals surface area contributed by atoms with E-state index in [1.165, 1.54) is 12.1 Å². The van der Waals surface area contributed by atoms with Crippen molar-refractivity contribution in [3.05, 3.63) is 33.8 Å². The molecule has 1 N–H and O–H groups in total. The van der Waals surface area contributed by atoms with Crippen LogP contribution in [0.4, 0.5) is 4.39 Å². The highest BCUT2D eigenvalue weighted by atomic mass is 127. The summed E-state index contributed by atoms with van der Waals surface area (Å²) in [5.74, 6) is -0.198. The Balaban J connectivity index is 2.82. The molecule has 0 radical (unpaired) electrons. The number of H-pyrrole nitrogens is 1. The minimum atomic E-state index is -0.198. The summed E-state index contributed by atoms with van der Waals surface area (Å²) in [7, 11) is 0. The van der Waals surface area contributed by atoms with Gasteiger partial charge in [-0.05, 0) is 46.9 Å². The van der Waals surface area contributed by atoms with Crippen molar-refractivity contribution in [2.45, 2.75) is 0 Å². The molecule has 0 aliphatic carbocycles. The van der Waals surface area contributed by atoms with Gasteiger partial charge in [-0.2, -0.15) is 0 Å². The van der Waals surface area contributed by atoms with Crippen molar-refractivity contribution in [3.63, 3.8) is 0 Å². The molecule has 56 valence electrons. The second-order valence-electron chi connectivity index (χ2n) is 2.35. The molecule has 0 unspecified atom stereocenters. The lowest BCUT2D eigenvalue weighted by Gasteiger charge is -1.87. The maximum atomic E-state index is 12.6. The third kappa shape index (κ3) is 1.24. The largest absolute Gasteiger partial charge is 0.350 e. The van der Waals surface area contributed by atoms with Crippen LogP contribution in [-0.4, -0.2) is 4.98 Å². The van der Waals surface area contributed by atoms with Gasteiger partial charge in [0.1, 0.15) is 5.82 Å². The average Bonchev–Trinajstić information content (AvgIpc) is 2.27. The molecule has 1 heterocycles. The third-order valence-electron chi connectivity index (χ3n) is 1.55. The van der Waals surface area contributed by atoms with Crippen LogP contribution >= 0.6 is 22.6 Å². The molecule has 1 nitrogen and oxygen atoms in total. The van der Waals surface area contributed by atoms with E-state index < -0.39 is 0 Å². The summed E-state index contributed by atoms with van der Waals surface area (Å²) in [6.07, 6.45) is 0. The Morgan fingerprint density at radius 2 is 2.09 bits per heavy atom. The lowest BCUT2D eigenvalue weighted by molar-refractivity contribution is 0.629. The minimum Gasteiger partial charge on any atom is -0.350 e. The monoisotopic (exact) mass is 261 g/mol. The Morgan fingerprint density at radius 3 is 2.91 bits per heavy atom. The molecule has 0 saturated heterocycles. The molecule has 0 fully saturated rings. The first kappa shape index (κ1) is 7.09. The Bertz CT molecular complexity index is 394. The van der Waals surface area contributed by atoms with E-state index in [9.17, 15) is 4.39 Å². The molecule has 0 atom stereocenters. The van der Waals surface area contributed by atoms with E-state index in [1.54, 1.807) is 6.07 Å². The number of fused-ring (bicyclic) bond motifs is 1. The highest BCUT2D eigenvalue weighted by Gasteiger charge is 1.97. The predicted molar refractivity (Wildman–Crippen MR) is 51.0 cm³/mol. The van der Waals surface area contributed by atoms with Gasteiger partial charge in [0, 0.05) is 10.9 Å². The van der Waals surface area contributed by atoms with E-state index in [2.05, 4.69) is 27.6 Å². The van der Waals surface area contributed by atoms with Crippen molar-refractivity contribution in [1.82, 2.24) is 4.98 Å². The molecule has 0 aliphatic rings. The number of hydrogen-bond donors (Lipinski definition) is 1. The fourth-order valence-electron chi connectivity index (χ4n) is 1.06. The molecule has 0 bridgehead atoms. The quantitative estimate of drug-likeness (QED) is 0.702. The summed E-state index contributed by atoms with van der Waals surface area (Å²) < 4.78 is 13.7. The maximum absolute atomic E-state index is 12.6. The van der Waals surface area contributed by atoms with Crippen LogP contribution < -0.4 is 0 Å². The van der Waals surface area contributed by atoms with Gasteiger partial charge in [-0.25, -0.2) is 4.39 Å². The molecule has 2 aromatic rings. The first-order chi connectivity index (χ1) is 5.25. The number of hydrogen-bond acceptors (Lipinski definition) is 0. The highest BCUT2D eigenvalue weighted by molar-refractivity contribution is 14.1. The Kier molecular flexibility index (Phi) is 1.60. The summed E-state index contributed by atoms with van der Waals surface area (Å²) in [6.45, 7) is 0. The van der Waals surface area contributed by atoms with Gasteiger partial charge < -0.3 is 4.98 Å². The number of aromatic amines is 1. The van der Waals surface area contributed by atoms with Crippen LogP contribution in [0.3, 0.4) is 0 Å². The van der Waals surface area contributed by atoms with E-state index in [1.807, 2.05) is 6.07 Å². The zero-order valence-electron chi connectivity index (χ0n) is 5.57. The smallest absolute Gasteiger partial charge is 0.125 e. The fourth-order valence-corrected chi connectivity index (χ4v) is 1.69. The second-order valence-corrected chi connectivity index (χ2v) is 3.51. The van der Waals surface area contributed by atoms with Gasteiger partial charge in [0.05, 0.1) is 3.70 Å². The second kappa shape index (κ2) is 2.48. The normalized spacial score (nSPS) is 10.7. The van der Waals surface area contributed by atoms with E-state index in [-0.39, 0.29) is 5.82 Å². The first-order valence-electron chi connectivity index (χ1n) is 3.19. The lowest BCUT2D eigenvalue weighted by Crippen LogP contribution is -1.72. The van der Waals surface area contributed by atoms with Crippen molar-refractivity contribution >= 4 is 33.5 Å². The summed E-state index contributed by atoms with van der Waals surface area (Å²) >= 11 is 2.17. The van der Waals surface area contributed by atoms with Crippen LogP contribution in [0.15, 0.2) is 24.3 Å². The van der Waals surface area contributed by atoms with Gasteiger partial charge in [-0.1, -0.05) is 0 Å². The number of rotatable bonds is 0. The van der Waals surface area contributed by atoms with Gasteiger partial charge in [0.15, 0.2) is 0 Å². The Hall–Kier alpha value is -0.580. The van der Waals surface area contributed by atoms with Crippen LogP contribution in [0.5, 0.6) is 0 Å². The number of nitrogens with one attached hydrogen (secondary N) is 1. The molecule has 11 heavy (non-hydrogen) atoms. The average molecular weight is 261 g/mol. The Labute approximate surface area is 76.7 Å². The third-order valence-corrected chi connectivity index (χ3v) is 2.13. The zero-order valence-corrected chi connectivity index (χ0v) is 7.72. The fraction of sp³-hybridized carbons (Fsp3) is 0. The van der Waals surface area contributed by atoms with Crippen molar-refractivity contribution in [2.75, 3.05) is 0 Å². The highest BCUT2D eigenvalue weighted by Crippen LogP contribution is 2.17. The van der Waals surface area contributed by atoms with Crippen LogP contribution in [-0.2, 0) is 0 Å². The SMILES string of the molecule is Fc1ccc2cc(I)[nH]c2c1. The van der Waals surface area contributed by atoms with E-state index in [0.29, 0.717) is 0 Å². The molecule has 1 aromatic carbocycles. The number of halogens is 2. The van der Waals surface area contributed by atoms with Crippen molar-refractivity contribution in [1.29, 1.82) is 0 Å². The summed E-state index contributed by atoms with van der Waals surface area (Å²) in [5, 5.41) is 1.05. The van der Waals surface area contributed by atoms with Crippen LogP contribution in [0.1, 0.15) is 0 Å². The van der Waals surface area contributed by atoms with Crippen molar-refractivity contribution in [3.8, 4) is 0 Å². The molecule has 0 amide bonds. The van der Waals surface area contributed by atoms with Crippen LogP contribution in [0.25, 0.3) is 10.9 Å². The Morgan fingerprint density at radius 1 is 1.27 bits per heavy atom. The number of benzene rings is 1. The molecular formula is C8H5FIN. The van der Waals surface area contributed by atoms with Crippen molar-refractivity contribution in [2.24, 2.45) is 0 Å². The van der Waals surface area contributed by atoms with Crippen LogP contribution in [0, 0.1) is 9.52 Å². The molecule has 1 aromatic heterocycles. The topological polar surface area (TPSA) is 15.8 Å². The first-order valence-corrected chi connectivity index (χ1v) is 4.27. The van der Waals surface area contributed by atoms with Gasteiger partial charge in [-0.3, -0.25) is 0 Å². The predicted octanol–water partition coefficient (Wildman–Crippen LogP) is 2.91. The summed E-state index contributed by atoms with van der Waals surface area (Å²) in [4.78, 5) is 3.05. The van der Waals surface area contributed by atoms with E-state index >= 15 is 0 Å². The molecule has 0 saturated carbocycles. The summed E-state index contributed by atoms with van der Waals surface area (Å²) in [5.41, 5.74) is 0.856. The van der Waals surface area contributed by atoms with Gasteiger partial charge >= 0.3 is 0 Å². The zero-order chi connectivity index (χ0) is 7.84. The molecular weight excluding hydrogens is 256 g/mol.